The Kier molecular flexibility index (Phi) is 5.13. The molecule has 0 N–H and O–H groups in total. The van der Waals surface area contributed by atoms with Gasteiger partial charge >= 0.3 is 0 Å². The fourth-order valence-electron chi connectivity index (χ4n) is 1.48. The maximum atomic E-state index is 5.53. The van der Waals surface area contributed by atoms with Crippen LogP contribution in [0.15, 0.2) is 21.1 Å². The Balaban J connectivity index is 2.97. The van der Waals surface area contributed by atoms with E-state index in [9.17, 15) is 0 Å². The standard InChI is InChI=1S/C12H16Br2O/c1-4-15-12-10(13)6-9(5-8(2)3)7-11(12)14/h6-8H,4-5H2,1-3H3. The van der Waals surface area contributed by atoms with Crippen molar-refractivity contribution in [3.63, 3.8) is 0 Å². The summed E-state index contributed by atoms with van der Waals surface area (Å²) in [5.41, 5.74) is 1.33. The number of rotatable bonds is 4. The highest BCUT2D eigenvalue weighted by Gasteiger charge is 2.09. The van der Waals surface area contributed by atoms with Gasteiger partial charge in [0.1, 0.15) is 5.75 Å². The van der Waals surface area contributed by atoms with Crippen LogP contribution in [0.5, 0.6) is 5.75 Å². The highest BCUT2D eigenvalue weighted by Crippen LogP contribution is 2.35. The fourth-order valence-corrected chi connectivity index (χ4v) is 2.99. The first-order valence-electron chi connectivity index (χ1n) is 5.15. The molecule has 0 spiro atoms. The van der Waals surface area contributed by atoms with Crippen molar-refractivity contribution in [2.24, 2.45) is 5.92 Å². The first kappa shape index (κ1) is 13.0. The topological polar surface area (TPSA) is 9.23 Å². The largest absolute Gasteiger partial charge is 0.492 e. The molecule has 1 aromatic rings. The number of halogens is 2. The van der Waals surface area contributed by atoms with Gasteiger partial charge in [-0.3, -0.25) is 0 Å². The van der Waals surface area contributed by atoms with Gasteiger partial charge in [0.15, 0.2) is 0 Å². The van der Waals surface area contributed by atoms with Crippen molar-refractivity contribution in [2.75, 3.05) is 6.61 Å². The Morgan fingerprint density at radius 2 is 1.73 bits per heavy atom. The molecule has 0 aromatic heterocycles. The highest BCUT2D eigenvalue weighted by atomic mass is 79.9. The van der Waals surface area contributed by atoms with E-state index in [4.69, 9.17) is 4.74 Å². The molecular formula is C12H16Br2O. The van der Waals surface area contributed by atoms with Crippen molar-refractivity contribution >= 4 is 31.9 Å². The zero-order valence-electron chi connectivity index (χ0n) is 9.31. The van der Waals surface area contributed by atoms with Crippen LogP contribution in [0.25, 0.3) is 0 Å². The molecule has 0 heterocycles. The molecule has 1 aromatic carbocycles. The second kappa shape index (κ2) is 5.90. The summed E-state index contributed by atoms with van der Waals surface area (Å²) in [5, 5.41) is 0. The van der Waals surface area contributed by atoms with E-state index < -0.39 is 0 Å². The normalized spacial score (nSPS) is 10.8. The van der Waals surface area contributed by atoms with E-state index in [1.807, 2.05) is 6.92 Å². The van der Waals surface area contributed by atoms with Crippen molar-refractivity contribution in [2.45, 2.75) is 27.2 Å². The molecule has 15 heavy (non-hydrogen) atoms. The van der Waals surface area contributed by atoms with E-state index in [2.05, 4.69) is 57.8 Å². The van der Waals surface area contributed by atoms with Gasteiger partial charge in [-0.05, 0) is 68.8 Å². The number of hydrogen-bond acceptors (Lipinski definition) is 1. The monoisotopic (exact) mass is 334 g/mol. The first-order valence-corrected chi connectivity index (χ1v) is 6.74. The van der Waals surface area contributed by atoms with Gasteiger partial charge in [-0.1, -0.05) is 13.8 Å². The first-order chi connectivity index (χ1) is 7.04. The van der Waals surface area contributed by atoms with Crippen molar-refractivity contribution in [1.82, 2.24) is 0 Å². The Bertz CT molecular complexity index is 311. The summed E-state index contributed by atoms with van der Waals surface area (Å²) in [6.45, 7) is 7.11. The Labute approximate surface area is 108 Å². The smallest absolute Gasteiger partial charge is 0.147 e. The summed E-state index contributed by atoms with van der Waals surface area (Å²) in [6, 6.07) is 4.27. The van der Waals surface area contributed by atoms with Crippen molar-refractivity contribution in [3.8, 4) is 5.75 Å². The zero-order valence-corrected chi connectivity index (χ0v) is 12.5. The van der Waals surface area contributed by atoms with Gasteiger partial charge in [-0.25, -0.2) is 0 Å². The van der Waals surface area contributed by atoms with Crippen LogP contribution in [-0.4, -0.2) is 6.61 Å². The molecule has 84 valence electrons. The van der Waals surface area contributed by atoms with E-state index >= 15 is 0 Å². The van der Waals surface area contributed by atoms with Crippen LogP contribution in [0, 0.1) is 5.92 Å². The van der Waals surface area contributed by atoms with Crippen LogP contribution in [0.1, 0.15) is 26.3 Å². The molecule has 0 unspecified atom stereocenters. The van der Waals surface area contributed by atoms with Crippen molar-refractivity contribution in [1.29, 1.82) is 0 Å². The number of hydrogen-bond donors (Lipinski definition) is 0. The fraction of sp³-hybridized carbons (Fsp3) is 0.500. The van der Waals surface area contributed by atoms with E-state index in [0.717, 1.165) is 21.1 Å². The molecule has 0 atom stereocenters. The predicted octanol–water partition coefficient (Wildman–Crippen LogP) is 4.81. The summed E-state index contributed by atoms with van der Waals surface area (Å²) in [4.78, 5) is 0. The molecular weight excluding hydrogens is 320 g/mol. The Morgan fingerprint density at radius 1 is 1.20 bits per heavy atom. The van der Waals surface area contributed by atoms with E-state index in [-0.39, 0.29) is 0 Å². The van der Waals surface area contributed by atoms with Crippen LogP contribution in [0.3, 0.4) is 0 Å². The molecule has 0 aliphatic heterocycles. The second-order valence-corrected chi connectivity index (χ2v) is 5.63. The third kappa shape index (κ3) is 3.80. The lowest BCUT2D eigenvalue weighted by molar-refractivity contribution is 0.336. The molecule has 0 radical (unpaired) electrons. The SMILES string of the molecule is CCOc1c(Br)cc(CC(C)C)cc1Br. The summed E-state index contributed by atoms with van der Waals surface area (Å²) in [7, 11) is 0. The summed E-state index contributed by atoms with van der Waals surface area (Å²) in [5.74, 6) is 1.56. The van der Waals surface area contributed by atoms with Crippen LogP contribution in [0.2, 0.25) is 0 Å². The highest BCUT2D eigenvalue weighted by molar-refractivity contribution is 9.11. The van der Waals surface area contributed by atoms with Crippen LogP contribution < -0.4 is 4.74 Å². The Hall–Kier alpha value is -0.0200. The van der Waals surface area contributed by atoms with E-state index in [0.29, 0.717) is 12.5 Å². The zero-order chi connectivity index (χ0) is 11.4. The van der Waals surface area contributed by atoms with Gasteiger partial charge in [0.25, 0.3) is 0 Å². The predicted molar refractivity (Wildman–Crippen MR) is 71.6 cm³/mol. The Morgan fingerprint density at radius 3 is 2.13 bits per heavy atom. The molecule has 0 bridgehead atoms. The van der Waals surface area contributed by atoms with Crippen LogP contribution in [-0.2, 0) is 6.42 Å². The van der Waals surface area contributed by atoms with E-state index in [1.54, 1.807) is 0 Å². The summed E-state index contributed by atoms with van der Waals surface area (Å²) < 4.78 is 7.58. The second-order valence-electron chi connectivity index (χ2n) is 3.92. The van der Waals surface area contributed by atoms with Gasteiger partial charge < -0.3 is 4.74 Å². The minimum atomic E-state index is 0.668. The van der Waals surface area contributed by atoms with Gasteiger partial charge in [0.2, 0.25) is 0 Å². The molecule has 0 aliphatic rings. The van der Waals surface area contributed by atoms with Crippen LogP contribution in [0.4, 0.5) is 0 Å². The lowest BCUT2D eigenvalue weighted by atomic mass is 10.0. The molecule has 1 nitrogen and oxygen atoms in total. The van der Waals surface area contributed by atoms with Crippen molar-refractivity contribution < 1.29 is 4.74 Å². The van der Waals surface area contributed by atoms with Gasteiger partial charge in [0.05, 0.1) is 15.6 Å². The van der Waals surface area contributed by atoms with Gasteiger partial charge in [0, 0.05) is 0 Å². The average Bonchev–Trinajstić information content (AvgIpc) is 2.10. The molecule has 0 saturated carbocycles. The maximum Gasteiger partial charge on any atom is 0.147 e. The van der Waals surface area contributed by atoms with Gasteiger partial charge in [-0.15, -0.1) is 0 Å². The van der Waals surface area contributed by atoms with Crippen molar-refractivity contribution in [3.05, 3.63) is 26.6 Å². The lowest BCUT2D eigenvalue weighted by Crippen LogP contribution is -1.97. The average molecular weight is 336 g/mol. The lowest BCUT2D eigenvalue weighted by Gasteiger charge is -2.12. The third-order valence-corrected chi connectivity index (χ3v) is 3.17. The van der Waals surface area contributed by atoms with Gasteiger partial charge in [-0.2, -0.15) is 0 Å². The number of ether oxygens (including phenoxy) is 1. The van der Waals surface area contributed by atoms with Crippen LogP contribution >= 0.6 is 31.9 Å². The minimum absolute atomic E-state index is 0.668. The molecule has 0 fully saturated rings. The summed E-state index contributed by atoms with van der Waals surface area (Å²) >= 11 is 7.07. The minimum Gasteiger partial charge on any atom is -0.492 e. The molecule has 3 heteroatoms. The molecule has 0 amide bonds. The molecule has 0 aliphatic carbocycles. The molecule has 1 rings (SSSR count). The third-order valence-electron chi connectivity index (χ3n) is 1.99. The molecule has 0 saturated heterocycles. The van der Waals surface area contributed by atoms with E-state index in [1.165, 1.54) is 5.56 Å². The maximum absolute atomic E-state index is 5.53. The quantitative estimate of drug-likeness (QED) is 0.767. The number of benzene rings is 1. The summed E-state index contributed by atoms with van der Waals surface area (Å²) in [6.07, 6.45) is 1.09.